The summed E-state index contributed by atoms with van der Waals surface area (Å²) in [5.74, 6) is 0.964. The van der Waals surface area contributed by atoms with Crippen LogP contribution in [0.2, 0.25) is 5.02 Å². The lowest BCUT2D eigenvalue weighted by Gasteiger charge is -2.30. The molecule has 0 fully saturated rings. The van der Waals surface area contributed by atoms with Gasteiger partial charge in [-0.25, -0.2) is 4.99 Å². The van der Waals surface area contributed by atoms with E-state index in [9.17, 15) is 9.59 Å². The van der Waals surface area contributed by atoms with Crippen molar-refractivity contribution in [3.8, 4) is 17.2 Å². The number of aromatic nitrogens is 2. The zero-order valence-corrected chi connectivity index (χ0v) is 25.1. The number of carbonyl (C=O) groups is 1. The molecule has 0 aliphatic carbocycles. The maximum Gasteiger partial charge on any atom is 0.271 e. The normalized spacial score (nSPS) is 15.0. The van der Waals surface area contributed by atoms with Gasteiger partial charge in [0.15, 0.2) is 4.80 Å². The van der Waals surface area contributed by atoms with Gasteiger partial charge in [-0.15, -0.1) is 0 Å². The van der Waals surface area contributed by atoms with Crippen LogP contribution in [0.5, 0.6) is 11.5 Å². The standard InChI is InChI=1S/C31H31ClN4O4S/c1-6-34(7-2)30(38)27-19(3)33-31-36(28(27)24-18-23(39-4)14-15-25(24)40-5)29(37)26(41-31)17-22-9-8-16-35(22)21-12-10-20(32)11-13-21/h8-18,28H,6-7H2,1-5H3/b26-17+/t28-/m0/s1. The molecule has 0 unspecified atom stereocenters. The third-order valence-corrected chi connectivity index (χ3v) is 8.43. The van der Waals surface area contributed by atoms with E-state index in [-0.39, 0.29) is 11.5 Å². The Balaban J connectivity index is 1.75. The molecule has 0 saturated carbocycles. The maximum absolute atomic E-state index is 14.2. The van der Waals surface area contributed by atoms with Crippen LogP contribution in [0.1, 0.15) is 38.1 Å². The van der Waals surface area contributed by atoms with E-state index >= 15 is 0 Å². The van der Waals surface area contributed by atoms with Crippen LogP contribution in [0.25, 0.3) is 11.8 Å². The topological polar surface area (TPSA) is 78.1 Å². The van der Waals surface area contributed by atoms with Crippen molar-refractivity contribution in [2.24, 2.45) is 4.99 Å². The summed E-state index contributed by atoms with van der Waals surface area (Å²) < 4.78 is 15.3. The number of amides is 1. The molecule has 1 aliphatic rings. The van der Waals surface area contributed by atoms with Crippen molar-refractivity contribution in [1.82, 2.24) is 14.0 Å². The van der Waals surface area contributed by atoms with Gasteiger partial charge in [0.05, 0.1) is 30.0 Å². The summed E-state index contributed by atoms with van der Waals surface area (Å²) in [6, 6.07) is 16.0. The number of hydrogen-bond donors (Lipinski definition) is 0. The minimum absolute atomic E-state index is 0.169. The first-order chi connectivity index (χ1) is 19.8. The Labute approximate surface area is 247 Å². The second-order valence-corrected chi connectivity index (χ2v) is 10.9. The lowest BCUT2D eigenvalue weighted by molar-refractivity contribution is -0.127. The number of carbonyl (C=O) groups excluding carboxylic acids is 1. The van der Waals surface area contributed by atoms with Gasteiger partial charge in [0.1, 0.15) is 17.5 Å². The predicted molar refractivity (Wildman–Crippen MR) is 162 cm³/mol. The fraction of sp³-hybridized carbons (Fsp3) is 0.258. The Hall–Kier alpha value is -4.08. The van der Waals surface area contributed by atoms with E-state index in [0.29, 0.717) is 55.8 Å². The van der Waals surface area contributed by atoms with Crippen LogP contribution in [0.3, 0.4) is 0 Å². The number of nitrogens with zero attached hydrogens (tertiary/aromatic N) is 4. The average molecular weight is 591 g/mol. The number of allylic oxidation sites excluding steroid dienone is 1. The van der Waals surface area contributed by atoms with Crippen LogP contribution in [-0.2, 0) is 4.79 Å². The molecule has 1 amide bonds. The van der Waals surface area contributed by atoms with E-state index in [0.717, 1.165) is 11.4 Å². The minimum atomic E-state index is -0.755. The molecule has 0 radical (unpaired) electrons. The number of thiazole rings is 1. The average Bonchev–Trinajstić information content (AvgIpc) is 3.56. The Morgan fingerprint density at radius 3 is 2.49 bits per heavy atom. The fourth-order valence-electron chi connectivity index (χ4n) is 5.11. The number of benzene rings is 2. The highest BCUT2D eigenvalue weighted by Gasteiger charge is 2.36. The lowest BCUT2D eigenvalue weighted by atomic mass is 9.93. The van der Waals surface area contributed by atoms with Crippen LogP contribution in [0, 0.1) is 0 Å². The highest BCUT2D eigenvalue weighted by molar-refractivity contribution is 7.07. The second kappa shape index (κ2) is 11.8. The summed E-state index contributed by atoms with van der Waals surface area (Å²) in [7, 11) is 3.15. The van der Waals surface area contributed by atoms with Crippen molar-refractivity contribution in [3.63, 3.8) is 0 Å². The third-order valence-electron chi connectivity index (χ3n) is 7.20. The van der Waals surface area contributed by atoms with Gasteiger partial charge in [-0.3, -0.25) is 14.2 Å². The molecule has 5 rings (SSSR count). The Bertz CT molecular complexity index is 1810. The molecule has 4 aromatic rings. The van der Waals surface area contributed by atoms with Crippen molar-refractivity contribution in [3.05, 3.63) is 108 Å². The third kappa shape index (κ3) is 5.23. The molecule has 0 spiro atoms. The molecular formula is C31H31ClN4O4S. The summed E-state index contributed by atoms with van der Waals surface area (Å²) in [6.45, 7) is 6.74. The van der Waals surface area contributed by atoms with Crippen LogP contribution >= 0.6 is 22.9 Å². The molecule has 2 aromatic heterocycles. The van der Waals surface area contributed by atoms with Gasteiger partial charge >= 0.3 is 0 Å². The highest BCUT2D eigenvalue weighted by Crippen LogP contribution is 2.38. The molecule has 1 atom stereocenters. The molecule has 10 heteroatoms. The summed E-state index contributed by atoms with van der Waals surface area (Å²) >= 11 is 7.38. The summed E-state index contributed by atoms with van der Waals surface area (Å²) in [5.41, 5.74) is 3.14. The van der Waals surface area contributed by atoms with E-state index in [1.165, 1.54) is 11.3 Å². The van der Waals surface area contributed by atoms with Crippen LogP contribution < -0.4 is 24.4 Å². The Morgan fingerprint density at radius 1 is 1.10 bits per heavy atom. The number of halogens is 1. The first-order valence-electron chi connectivity index (χ1n) is 13.3. The van der Waals surface area contributed by atoms with Gasteiger partial charge in [-0.2, -0.15) is 0 Å². The lowest BCUT2D eigenvalue weighted by Crippen LogP contribution is -2.43. The first-order valence-corrected chi connectivity index (χ1v) is 14.5. The summed E-state index contributed by atoms with van der Waals surface area (Å²) in [4.78, 5) is 35.1. The van der Waals surface area contributed by atoms with Crippen LogP contribution in [0.4, 0.5) is 0 Å². The largest absolute Gasteiger partial charge is 0.497 e. The van der Waals surface area contributed by atoms with Gasteiger partial charge in [0.2, 0.25) is 0 Å². The number of likely N-dealkylation sites (N-methyl/N-ethyl adjacent to an activating group) is 1. The van der Waals surface area contributed by atoms with E-state index in [4.69, 9.17) is 26.1 Å². The van der Waals surface area contributed by atoms with Gasteiger partial charge < -0.3 is 18.9 Å². The van der Waals surface area contributed by atoms with E-state index in [1.54, 1.807) is 35.8 Å². The van der Waals surface area contributed by atoms with Gasteiger partial charge in [-0.1, -0.05) is 22.9 Å². The minimum Gasteiger partial charge on any atom is -0.497 e. The van der Waals surface area contributed by atoms with Crippen LogP contribution in [-0.4, -0.2) is 47.3 Å². The quantitative estimate of drug-likeness (QED) is 0.301. The number of rotatable bonds is 8. The van der Waals surface area contributed by atoms with E-state index < -0.39 is 6.04 Å². The second-order valence-electron chi connectivity index (χ2n) is 9.45. The molecular weight excluding hydrogens is 560 g/mol. The van der Waals surface area contributed by atoms with Gasteiger partial charge in [0, 0.05) is 41.3 Å². The van der Waals surface area contributed by atoms with E-state index in [2.05, 4.69) is 0 Å². The van der Waals surface area contributed by atoms with Gasteiger partial charge in [0.25, 0.3) is 11.5 Å². The number of methoxy groups -OCH3 is 2. The molecule has 0 saturated heterocycles. The molecule has 0 N–H and O–H groups in total. The predicted octanol–water partition coefficient (Wildman–Crippen LogP) is 4.56. The molecule has 41 heavy (non-hydrogen) atoms. The molecule has 2 aromatic carbocycles. The monoisotopic (exact) mass is 590 g/mol. The SMILES string of the molecule is CCN(CC)C(=O)C1=C(C)N=c2s/c(=C/c3cccn3-c3ccc(Cl)cc3)c(=O)n2[C@H]1c1cc(OC)ccc1OC. The summed E-state index contributed by atoms with van der Waals surface area (Å²) in [5, 5.41) is 0.647. The van der Waals surface area contributed by atoms with Crippen molar-refractivity contribution < 1.29 is 14.3 Å². The molecule has 0 bridgehead atoms. The number of hydrogen-bond acceptors (Lipinski definition) is 6. The Morgan fingerprint density at radius 2 is 1.83 bits per heavy atom. The summed E-state index contributed by atoms with van der Waals surface area (Å²) in [6.07, 6.45) is 3.78. The Kier molecular flexibility index (Phi) is 8.19. The van der Waals surface area contributed by atoms with Crippen LogP contribution in [0.15, 0.2) is 81.9 Å². The van der Waals surface area contributed by atoms with Crippen molar-refractivity contribution in [2.75, 3.05) is 27.3 Å². The fourth-order valence-corrected chi connectivity index (χ4v) is 6.26. The smallest absolute Gasteiger partial charge is 0.271 e. The molecule has 1 aliphatic heterocycles. The van der Waals surface area contributed by atoms with E-state index in [1.807, 2.05) is 80.1 Å². The molecule has 3 heterocycles. The van der Waals surface area contributed by atoms with Crippen molar-refractivity contribution in [2.45, 2.75) is 26.8 Å². The molecule has 212 valence electrons. The van der Waals surface area contributed by atoms with Gasteiger partial charge in [-0.05, 0) is 81.4 Å². The zero-order chi connectivity index (χ0) is 29.3. The molecule has 8 nitrogen and oxygen atoms in total. The van der Waals surface area contributed by atoms with Crippen molar-refractivity contribution in [1.29, 1.82) is 0 Å². The first kappa shape index (κ1) is 28.4. The number of fused-ring (bicyclic) bond motifs is 1. The van der Waals surface area contributed by atoms with Crippen molar-refractivity contribution >= 4 is 34.9 Å². The number of ether oxygens (including phenoxy) is 2. The zero-order valence-electron chi connectivity index (χ0n) is 23.6. The highest BCUT2D eigenvalue weighted by atomic mass is 35.5. The maximum atomic E-state index is 14.2.